The lowest BCUT2D eigenvalue weighted by Gasteiger charge is -2.37. The molecule has 0 fully saturated rings. The van der Waals surface area contributed by atoms with E-state index >= 15 is 0 Å². The normalized spacial score (nSPS) is 15.8. The van der Waals surface area contributed by atoms with Crippen LogP contribution in [0, 0.1) is 27.1 Å². The minimum absolute atomic E-state index is 0.242. The van der Waals surface area contributed by atoms with Crippen molar-refractivity contribution in [1.82, 2.24) is 0 Å². The molecule has 0 rings (SSSR count). The van der Waals surface area contributed by atoms with Crippen LogP contribution >= 0.6 is 0 Å². The summed E-state index contributed by atoms with van der Waals surface area (Å²) in [5, 5.41) is 0. The van der Waals surface area contributed by atoms with Gasteiger partial charge >= 0.3 is 29.8 Å². The van der Waals surface area contributed by atoms with Crippen LogP contribution in [0.1, 0.15) is 104 Å². The fourth-order valence-corrected chi connectivity index (χ4v) is 2.63. The summed E-state index contributed by atoms with van der Waals surface area (Å²) in [4.78, 5) is 77.4. The summed E-state index contributed by atoms with van der Waals surface area (Å²) in [6.07, 6.45) is -6.62. The lowest BCUT2D eigenvalue weighted by molar-refractivity contribution is -0.213. The van der Waals surface area contributed by atoms with E-state index in [1.54, 1.807) is 104 Å². The Morgan fingerprint density at radius 1 is 0.476 bits per heavy atom. The van der Waals surface area contributed by atoms with Gasteiger partial charge in [0.15, 0.2) is 30.7 Å². The topological polar surface area (TPSA) is 149 Å². The Labute approximate surface area is 250 Å². The minimum Gasteiger partial charge on any atom is -0.461 e. The first-order valence-electron chi connectivity index (χ1n) is 14.0. The first-order valence-corrected chi connectivity index (χ1v) is 14.0. The van der Waals surface area contributed by atoms with Gasteiger partial charge in [-0.05, 0) is 104 Å². The third-order valence-corrected chi connectivity index (χ3v) is 5.58. The lowest BCUT2D eigenvalue weighted by Crippen LogP contribution is -2.56. The lowest BCUT2D eigenvalue weighted by atomic mass is 9.94. The second-order valence-electron chi connectivity index (χ2n) is 15.5. The molecular weight excluding hydrogens is 548 g/mol. The average molecular weight is 601 g/mol. The molecule has 0 radical (unpaired) electrons. The van der Waals surface area contributed by atoms with E-state index in [1.807, 2.05) is 0 Å². The zero-order chi connectivity index (χ0) is 33.6. The van der Waals surface area contributed by atoms with Crippen LogP contribution in [0.4, 0.5) is 0 Å². The predicted molar refractivity (Wildman–Crippen MR) is 154 cm³/mol. The van der Waals surface area contributed by atoms with Crippen molar-refractivity contribution in [3.05, 3.63) is 0 Å². The molecule has 0 aromatic heterocycles. The van der Waals surface area contributed by atoms with Crippen LogP contribution in [0.15, 0.2) is 0 Å². The van der Waals surface area contributed by atoms with Gasteiger partial charge in [-0.2, -0.15) is 0 Å². The molecular formula is C31H52O11. The predicted octanol–water partition coefficient (Wildman–Crippen LogP) is 4.61. The zero-order valence-corrected chi connectivity index (χ0v) is 28.1. The highest BCUT2D eigenvalue weighted by atomic mass is 16.6. The standard InChI is InChI=1S/C31H52O11/c1-27(2,3)22(33)38-17-19(40-24(35)29(7,8)9)21(42-26(37)31(13,14)15)20(41-25(36)30(10,11)12)18(16-32)39-23(34)28(4,5)6/h16,18-21H,17H2,1-15H3/t18-,19+,20+,21-/m0/s1. The number of hydrogen-bond acceptors (Lipinski definition) is 11. The molecule has 242 valence electrons. The number of carbonyl (C=O) groups is 6. The molecule has 11 nitrogen and oxygen atoms in total. The molecule has 0 aromatic rings. The maximum absolute atomic E-state index is 13.2. The van der Waals surface area contributed by atoms with E-state index in [0.29, 0.717) is 0 Å². The van der Waals surface area contributed by atoms with Crippen molar-refractivity contribution in [2.75, 3.05) is 6.61 Å². The first-order chi connectivity index (χ1) is 18.5. The molecule has 0 heterocycles. The van der Waals surface area contributed by atoms with Gasteiger partial charge in [0.1, 0.15) is 6.61 Å². The van der Waals surface area contributed by atoms with Crippen LogP contribution in [0.25, 0.3) is 0 Å². The quantitative estimate of drug-likeness (QED) is 0.197. The number of ether oxygens (including phenoxy) is 5. The fraction of sp³-hybridized carbons (Fsp3) is 0.806. The summed E-state index contributed by atoms with van der Waals surface area (Å²) in [6.45, 7) is 23.0. The van der Waals surface area contributed by atoms with Gasteiger partial charge in [-0.1, -0.05) is 0 Å². The molecule has 0 bridgehead atoms. The van der Waals surface area contributed by atoms with Gasteiger partial charge in [0.05, 0.1) is 27.1 Å². The smallest absolute Gasteiger partial charge is 0.312 e. The van der Waals surface area contributed by atoms with Gasteiger partial charge in [-0.25, -0.2) is 0 Å². The summed E-state index contributed by atoms with van der Waals surface area (Å²) in [7, 11) is 0. The van der Waals surface area contributed by atoms with Crippen LogP contribution < -0.4 is 0 Å². The van der Waals surface area contributed by atoms with E-state index in [4.69, 9.17) is 23.7 Å². The Hall–Kier alpha value is -2.98. The molecule has 0 saturated carbocycles. The van der Waals surface area contributed by atoms with Crippen LogP contribution in [0.2, 0.25) is 0 Å². The number of aldehydes is 1. The van der Waals surface area contributed by atoms with Gasteiger partial charge in [0, 0.05) is 0 Å². The molecule has 0 unspecified atom stereocenters. The molecule has 42 heavy (non-hydrogen) atoms. The van der Waals surface area contributed by atoms with Crippen molar-refractivity contribution in [1.29, 1.82) is 0 Å². The molecule has 0 aliphatic rings. The SMILES string of the molecule is CC(C)(C)C(=O)OC[C@@H](OC(=O)C(C)(C)C)[C@H](OC(=O)C(C)(C)C)[C@H](OC(=O)C(C)(C)C)[C@H](C=O)OC(=O)C(C)(C)C. The Bertz CT molecular complexity index is 992. The molecule has 4 atom stereocenters. The third kappa shape index (κ3) is 12.5. The van der Waals surface area contributed by atoms with Crippen LogP contribution in [0.3, 0.4) is 0 Å². The molecule has 0 aromatic carbocycles. The van der Waals surface area contributed by atoms with Crippen molar-refractivity contribution >= 4 is 36.1 Å². The molecule has 11 heteroatoms. The summed E-state index contributed by atoms with van der Waals surface area (Å²) >= 11 is 0. The summed E-state index contributed by atoms with van der Waals surface area (Å²) in [5.74, 6) is -3.86. The largest absolute Gasteiger partial charge is 0.461 e. The van der Waals surface area contributed by atoms with E-state index in [9.17, 15) is 28.8 Å². The Kier molecular flexibility index (Phi) is 13.0. The highest BCUT2D eigenvalue weighted by Gasteiger charge is 2.48. The fourth-order valence-electron chi connectivity index (χ4n) is 2.63. The zero-order valence-electron chi connectivity index (χ0n) is 28.1. The van der Waals surface area contributed by atoms with E-state index < -0.39 is 87.9 Å². The number of carbonyl (C=O) groups excluding carboxylic acids is 6. The second-order valence-corrected chi connectivity index (χ2v) is 15.5. The first kappa shape index (κ1) is 39.0. The molecule has 0 saturated heterocycles. The van der Waals surface area contributed by atoms with Crippen LogP contribution in [-0.2, 0) is 52.5 Å². The minimum atomic E-state index is -1.78. The van der Waals surface area contributed by atoms with Gasteiger partial charge < -0.3 is 23.7 Å². The van der Waals surface area contributed by atoms with Gasteiger partial charge in [-0.3, -0.25) is 28.8 Å². The molecule has 0 N–H and O–H groups in total. The van der Waals surface area contributed by atoms with Gasteiger partial charge in [0.2, 0.25) is 0 Å². The van der Waals surface area contributed by atoms with Gasteiger partial charge in [0.25, 0.3) is 0 Å². The van der Waals surface area contributed by atoms with Gasteiger partial charge in [-0.15, -0.1) is 0 Å². The number of rotatable bonds is 10. The summed E-state index contributed by atoms with van der Waals surface area (Å²) < 4.78 is 28.2. The highest BCUT2D eigenvalue weighted by Crippen LogP contribution is 2.29. The molecule has 0 aliphatic heterocycles. The molecule has 0 aliphatic carbocycles. The van der Waals surface area contributed by atoms with Crippen molar-refractivity contribution < 1.29 is 52.5 Å². The van der Waals surface area contributed by atoms with E-state index in [1.165, 1.54) is 0 Å². The second kappa shape index (κ2) is 14.0. The number of hydrogen-bond donors (Lipinski definition) is 0. The Morgan fingerprint density at radius 3 is 1.12 bits per heavy atom. The van der Waals surface area contributed by atoms with Crippen molar-refractivity contribution in [3.63, 3.8) is 0 Å². The van der Waals surface area contributed by atoms with Crippen molar-refractivity contribution in [3.8, 4) is 0 Å². The summed E-state index contributed by atoms with van der Waals surface area (Å²) in [6, 6.07) is 0. The maximum Gasteiger partial charge on any atom is 0.312 e. The average Bonchev–Trinajstić information content (AvgIpc) is 2.78. The Balaban J connectivity index is 7.27. The monoisotopic (exact) mass is 600 g/mol. The van der Waals surface area contributed by atoms with E-state index in [0.717, 1.165) is 0 Å². The van der Waals surface area contributed by atoms with Crippen LogP contribution in [0.5, 0.6) is 0 Å². The molecule has 0 amide bonds. The highest BCUT2D eigenvalue weighted by molar-refractivity contribution is 5.80. The van der Waals surface area contributed by atoms with Crippen molar-refractivity contribution in [2.24, 2.45) is 27.1 Å². The van der Waals surface area contributed by atoms with E-state index in [-0.39, 0.29) is 6.29 Å². The number of esters is 5. The van der Waals surface area contributed by atoms with E-state index in [2.05, 4.69) is 0 Å². The van der Waals surface area contributed by atoms with Crippen molar-refractivity contribution in [2.45, 2.75) is 128 Å². The third-order valence-electron chi connectivity index (χ3n) is 5.58. The maximum atomic E-state index is 13.2. The Morgan fingerprint density at radius 2 is 0.786 bits per heavy atom. The molecule has 0 spiro atoms. The summed E-state index contributed by atoms with van der Waals surface area (Å²) in [5.41, 5.74) is -5.25. The van der Waals surface area contributed by atoms with Crippen LogP contribution in [-0.4, -0.2) is 67.2 Å².